The maximum atomic E-state index is 10.4. The zero-order valence-corrected chi connectivity index (χ0v) is 6.98. The van der Waals surface area contributed by atoms with Crippen molar-refractivity contribution in [1.29, 1.82) is 0 Å². The Morgan fingerprint density at radius 2 is 2.42 bits per heavy atom. The molecular weight excluding hydrogens is 156 g/mol. The van der Waals surface area contributed by atoms with Gasteiger partial charge in [0.15, 0.2) is 0 Å². The number of rotatable bonds is 2. The van der Waals surface area contributed by atoms with E-state index in [2.05, 4.69) is 5.10 Å². The van der Waals surface area contributed by atoms with E-state index in [9.17, 15) is 4.79 Å². The first kappa shape index (κ1) is 8.52. The average molecular weight is 166 g/mol. The van der Waals surface area contributed by atoms with Gasteiger partial charge >= 0.3 is 5.97 Å². The Morgan fingerprint density at radius 3 is 2.83 bits per heavy atom. The number of hydrogen-bond acceptors (Lipinski definition) is 2. The molecule has 64 valence electrons. The van der Waals surface area contributed by atoms with Crippen LogP contribution in [0.1, 0.15) is 12.5 Å². The number of carbonyl (C=O) groups is 1. The van der Waals surface area contributed by atoms with E-state index in [1.807, 2.05) is 0 Å². The normalized spacial score (nSPS) is 11.7. The minimum absolute atomic E-state index is 0.308. The number of carboxylic acids is 1. The van der Waals surface area contributed by atoms with E-state index in [-0.39, 0.29) is 0 Å². The van der Waals surface area contributed by atoms with Crippen molar-refractivity contribution in [2.75, 3.05) is 0 Å². The van der Waals surface area contributed by atoms with Crippen LogP contribution in [0.3, 0.4) is 0 Å². The number of hydrogen-bond donors (Lipinski definition) is 1. The summed E-state index contributed by atoms with van der Waals surface area (Å²) in [7, 11) is 1.79. The molecule has 1 aromatic heterocycles. The fraction of sp³-hybridized carbons (Fsp3) is 0.250. The van der Waals surface area contributed by atoms with Gasteiger partial charge in [-0.2, -0.15) is 5.10 Å². The Kier molecular flexibility index (Phi) is 2.28. The number of aryl methyl sites for hydroxylation is 1. The summed E-state index contributed by atoms with van der Waals surface area (Å²) in [6, 6.07) is 0. The Hall–Kier alpha value is -1.58. The largest absolute Gasteiger partial charge is 0.478 e. The van der Waals surface area contributed by atoms with Crippen LogP contribution in [0.2, 0.25) is 0 Å². The maximum absolute atomic E-state index is 10.4. The highest BCUT2D eigenvalue weighted by atomic mass is 16.4. The highest BCUT2D eigenvalue weighted by molar-refractivity contribution is 5.91. The van der Waals surface area contributed by atoms with Crippen molar-refractivity contribution in [2.24, 2.45) is 7.05 Å². The molecule has 12 heavy (non-hydrogen) atoms. The third-order valence-electron chi connectivity index (χ3n) is 1.45. The molecule has 0 radical (unpaired) electrons. The second-order valence-corrected chi connectivity index (χ2v) is 2.58. The van der Waals surface area contributed by atoms with E-state index in [0.717, 1.165) is 5.56 Å². The lowest BCUT2D eigenvalue weighted by Gasteiger charge is -1.89. The zero-order chi connectivity index (χ0) is 9.14. The van der Waals surface area contributed by atoms with Crippen LogP contribution in [0.5, 0.6) is 0 Å². The summed E-state index contributed by atoms with van der Waals surface area (Å²) >= 11 is 0. The van der Waals surface area contributed by atoms with Crippen LogP contribution in [0.4, 0.5) is 0 Å². The van der Waals surface area contributed by atoms with E-state index in [1.54, 1.807) is 37.1 Å². The molecule has 0 bridgehead atoms. The van der Waals surface area contributed by atoms with E-state index in [0.29, 0.717) is 5.57 Å². The molecule has 0 aliphatic heterocycles. The van der Waals surface area contributed by atoms with Gasteiger partial charge in [0.2, 0.25) is 0 Å². The van der Waals surface area contributed by atoms with Crippen molar-refractivity contribution >= 4 is 12.0 Å². The fourth-order valence-corrected chi connectivity index (χ4v) is 0.826. The van der Waals surface area contributed by atoms with Crippen molar-refractivity contribution in [1.82, 2.24) is 9.78 Å². The van der Waals surface area contributed by atoms with Gasteiger partial charge in [-0.15, -0.1) is 0 Å². The molecule has 0 unspecified atom stereocenters. The molecule has 1 rings (SSSR count). The lowest BCUT2D eigenvalue weighted by atomic mass is 10.2. The van der Waals surface area contributed by atoms with Gasteiger partial charge < -0.3 is 5.11 Å². The van der Waals surface area contributed by atoms with Crippen molar-refractivity contribution in [3.8, 4) is 0 Å². The summed E-state index contributed by atoms with van der Waals surface area (Å²) in [5.74, 6) is -0.904. The molecule has 0 aromatic carbocycles. The van der Waals surface area contributed by atoms with Gasteiger partial charge in [0.1, 0.15) is 0 Å². The van der Waals surface area contributed by atoms with Crippen LogP contribution < -0.4 is 0 Å². The molecule has 1 aromatic rings. The summed E-state index contributed by atoms with van der Waals surface area (Å²) in [5.41, 5.74) is 1.11. The summed E-state index contributed by atoms with van der Waals surface area (Å²) in [4.78, 5) is 10.4. The van der Waals surface area contributed by atoms with Crippen LogP contribution in [-0.2, 0) is 11.8 Å². The van der Waals surface area contributed by atoms with Crippen LogP contribution in [0, 0.1) is 0 Å². The van der Waals surface area contributed by atoms with Gasteiger partial charge in [-0.1, -0.05) is 0 Å². The highest BCUT2D eigenvalue weighted by Crippen LogP contribution is 2.04. The molecule has 1 N–H and O–H groups in total. The standard InChI is InChI=1S/C8H10N2O2/c1-6(8(11)12)3-7-4-9-10(2)5-7/h3-5H,1-2H3,(H,11,12)/b6-3+. The molecule has 0 saturated carbocycles. The van der Waals surface area contributed by atoms with E-state index in [4.69, 9.17) is 5.11 Å². The number of nitrogens with zero attached hydrogens (tertiary/aromatic N) is 2. The topological polar surface area (TPSA) is 55.1 Å². The molecule has 0 aliphatic carbocycles. The monoisotopic (exact) mass is 166 g/mol. The van der Waals surface area contributed by atoms with Crippen molar-refractivity contribution in [3.63, 3.8) is 0 Å². The zero-order valence-electron chi connectivity index (χ0n) is 6.98. The van der Waals surface area contributed by atoms with Crippen LogP contribution >= 0.6 is 0 Å². The SMILES string of the molecule is C/C(=C\c1cnn(C)c1)C(=O)O. The predicted octanol–water partition coefficient (Wildman–Crippen LogP) is 0.908. The Labute approximate surface area is 70.1 Å². The lowest BCUT2D eigenvalue weighted by molar-refractivity contribution is -0.132. The minimum Gasteiger partial charge on any atom is -0.478 e. The predicted molar refractivity (Wildman–Crippen MR) is 44.5 cm³/mol. The number of carboxylic acid groups (broad SMARTS) is 1. The molecule has 0 atom stereocenters. The average Bonchev–Trinajstić information content (AvgIpc) is 2.35. The lowest BCUT2D eigenvalue weighted by Crippen LogP contribution is -1.94. The Morgan fingerprint density at radius 1 is 1.75 bits per heavy atom. The third-order valence-corrected chi connectivity index (χ3v) is 1.45. The molecule has 1 heterocycles. The van der Waals surface area contributed by atoms with Gasteiger partial charge in [0, 0.05) is 24.4 Å². The smallest absolute Gasteiger partial charge is 0.331 e. The molecular formula is C8H10N2O2. The molecule has 0 saturated heterocycles. The number of aliphatic carboxylic acids is 1. The Bertz CT molecular complexity index is 326. The molecule has 0 spiro atoms. The van der Waals surface area contributed by atoms with Crippen LogP contribution in [0.25, 0.3) is 6.08 Å². The summed E-state index contributed by atoms with van der Waals surface area (Å²) in [5, 5.41) is 12.5. The molecule has 0 fully saturated rings. The molecule has 0 aliphatic rings. The third kappa shape index (κ3) is 1.95. The summed E-state index contributed by atoms with van der Waals surface area (Å²) in [6.07, 6.45) is 4.95. The first-order chi connectivity index (χ1) is 5.59. The fourth-order valence-electron chi connectivity index (χ4n) is 0.826. The van der Waals surface area contributed by atoms with E-state index < -0.39 is 5.97 Å². The van der Waals surface area contributed by atoms with Gasteiger partial charge in [0.25, 0.3) is 0 Å². The quantitative estimate of drug-likeness (QED) is 0.664. The second-order valence-electron chi connectivity index (χ2n) is 2.58. The van der Waals surface area contributed by atoms with Gasteiger partial charge in [-0.3, -0.25) is 4.68 Å². The van der Waals surface area contributed by atoms with Crippen LogP contribution in [0.15, 0.2) is 18.0 Å². The van der Waals surface area contributed by atoms with E-state index in [1.165, 1.54) is 0 Å². The van der Waals surface area contributed by atoms with Gasteiger partial charge in [-0.05, 0) is 13.0 Å². The Balaban J connectivity index is 2.87. The maximum Gasteiger partial charge on any atom is 0.331 e. The second kappa shape index (κ2) is 3.21. The first-order valence-corrected chi connectivity index (χ1v) is 3.50. The van der Waals surface area contributed by atoms with Crippen LogP contribution in [-0.4, -0.2) is 20.9 Å². The van der Waals surface area contributed by atoms with Gasteiger partial charge in [-0.25, -0.2) is 4.79 Å². The van der Waals surface area contributed by atoms with E-state index >= 15 is 0 Å². The van der Waals surface area contributed by atoms with Crippen molar-refractivity contribution in [2.45, 2.75) is 6.92 Å². The molecule has 4 nitrogen and oxygen atoms in total. The summed E-state index contributed by atoms with van der Waals surface area (Å²) in [6.45, 7) is 1.55. The number of aromatic nitrogens is 2. The minimum atomic E-state index is -0.904. The van der Waals surface area contributed by atoms with Gasteiger partial charge in [0.05, 0.1) is 6.20 Å². The van der Waals surface area contributed by atoms with Crippen molar-refractivity contribution < 1.29 is 9.90 Å². The molecule has 0 amide bonds. The highest BCUT2D eigenvalue weighted by Gasteiger charge is 2.00. The van der Waals surface area contributed by atoms with Crippen molar-refractivity contribution in [3.05, 3.63) is 23.5 Å². The molecule has 4 heteroatoms. The first-order valence-electron chi connectivity index (χ1n) is 3.50. The summed E-state index contributed by atoms with van der Waals surface area (Å²) < 4.78 is 1.63.